The summed E-state index contributed by atoms with van der Waals surface area (Å²) in [6.45, 7) is 0.0424. The van der Waals surface area contributed by atoms with Crippen molar-refractivity contribution in [2.75, 3.05) is 17.7 Å². The predicted octanol–water partition coefficient (Wildman–Crippen LogP) is 3.33. The molecule has 4 nitrogen and oxygen atoms in total. The zero-order valence-electron chi connectivity index (χ0n) is 11.4. The molecule has 3 N–H and O–H groups in total. The molecule has 0 saturated heterocycles. The molecule has 110 valence electrons. The van der Waals surface area contributed by atoms with Crippen molar-refractivity contribution in [1.82, 2.24) is 5.32 Å². The highest BCUT2D eigenvalue weighted by molar-refractivity contribution is 5.89. The Bertz CT molecular complexity index is 609. The lowest BCUT2D eigenvalue weighted by Gasteiger charge is -2.09. The summed E-state index contributed by atoms with van der Waals surface area (Å²) in [6, 6.07) is 10.3. The molecule has 0 spiro atoms. The van der Waals surface area contributed by atoms with E-state index >= 15 is 0 Å². The minimum atomic E-state index is -0.583. The molecule has 0 fully saturated rings. The molecule has 2 amide bonds. The highest BCUT2D eigenvalue weighted by atomic mass is 19.1. The topological polar surface area (TPSA) is 53.2 Å². The summed E-state index contributed by atoms with van der Waals surface area (Å²) >= 11 is 0. The number of hydrogen-bond donors (Lipinski definition) is 3. The standard InChI is InChI=1S/C15H15F2N3O/c1-18-15(21)20-11-7-5-10(6-8-11)19-9-12-13(16)3-2-4-14(12)17/h2-8,19H,9H2,1H3,(H2,18,20,21). The summed E-state index contributed by atoms with van der Waals surface area (Å²) in [6.07, 6.45) is 0. The van der Waals surface area contributed by atoms with Gasteiger partial charge in [-0.25, -0.2) is 13.6 Å². The Kier molecular flexibility index (Phi) is 4.71. The van der Waals surface area contributed by atoms with E-state index in [2.05, 4.69) is 16.0 Å². The van der Waals surface area contributed by atoms with Gasteiger partial charge in [-0.2, -0.15) is 0 Å². The van der Waals surface area contributed by atoms with E-state index in [1.54, 1.807) is 24.3 Å². The molecular formula is C15H15F2N3O. The first-order valence-electron chi connectivity index (χ1n) is 6.35. The van der Waals surface area contributed by atoms with E-state index in [4.69, 9.17) is 0 Å². The molecule has 0 heterocycles. The van der Waals surface area contributed by atoms with Gasteiger partial charge in [-0.1, -0.05) is 6.07 Å². The van der Waals surface area contributed by atoms with E-state index in [0.29, 0.717) is 11.4 Å². The SMILES string of the molecule is CNC(=O)Nc1ccc(NCc2c(F)cccc2F)cc1. The van der Waals surface area contributed by atoms with Crippen LogP contribution in [0.4, 0.5) is 25.0 Å². The number of anilines is 2. The number of nitrogens with one attached hydrogen (secondary N) is 3. The van der Waals surface area contributed by atoms with Crippen LogP contribution in [0.5, 0.6) is 0 Å². The van der Waals surface area contributed by atoms with Gasteiger partial charge in [-0.15, -0.1) is 0 Å². The first kappa shape index (κ1) is 14.8. The summed E-state index contributed by atoms with van der Waals surface area (Å²) in [7, 11) is 1.52. The normalized spacial score (nSPS) is 10.0. The van der Waals surface area contributed by atoms with Gasteiger partial charge in [0.25, 0.3) is 0 Å². The van der Waals surface area contributed by atoms with E-state index in [9.17, 15) is 13.6 Å². The first-order valence-corrected chi connectivity index (χ1v) is 6.35. The summed E-state index contributed by atoms with van der Waals surface area (Å²) in [4.78, 5) is 11.1. The smallest absolute Gasteiger partial charge is 0.318 e. The highest BCUT2D eigenvalue weighted by Gasteiger charge is 2.07. The highest BCUT2D eigenvalue weighted by Crippen LogP contribution is 2.17. The molecular weight excluding hydrogens is 276 g/mol. The summed E-state index contributed by atoms with van der Waals surface area (Å²) in [5.41, 5.74) is 1.31. The van der Waals surface area contributed by atoms with Crippen LogP contribution in [0.2, 0.25) is 0 Å². The van der Waals surface area contributed by atoms with Gasteiger partial charge in [0.05, 0.1) is 0 Å². The number of benzene rings is 2. The lowest BCUT2D eigenvalue weighted by Crippen LogP contribution is -2.24. The maximum atomic E-state index is 13.5. The third kappa shape index (κ3) is 3.92. The molecule has 2 aromatic rings. The van der Waals surface area contributed by atoms with Crippen LogP contribution < -0.4 is 16.0 Å². The van der Waals surface area contributed by atoms with Crippen LogP contribution in [0.25, 0.3) is 0 Å². The van der Waals surface area contributed by atoms with Gasteiger partial charge < -0.3 is 16.0 Å². The average molecular weight is 291 g/mol. The monoisotopic (exact) mass is 291 g/mol. The fourth-order valence-electron chi connectivity index (χ4n) is 1.76. The fraction of sp³-hybridized carbons (Fsp3) is 0.133. The second-order valence-electron chi connectivity index (χ2n) is 4.34. The number of carbonyl (C=O) groups is 1. The molecule has 2 rings (SSSR count). The summed E-state index contributed by atoms with van der Waals surface area (Å²) in [5, 5.41) is 7.98. The largest absolute Gasteiger partial charge is 0.381 e. The first-order chi connectivity index (χ1) is 10.1. The van der Waals surface area contributed by atoms with Crippen molar-refractivity contribution in [3.63, 3.8) is 0 Å². The Morgan fingerprint density at radius 2 is 1.57 bits per heavy atom. The molecule has 2 aromatic carbocycles. The molecule has 0 bridgehead atoms. The zero-order chi connectivity index (χ0) is 15.2. The third-order valence-electron chi connectivity index (χ3n) is 2.90. The Labute approximate surface area is 121 Å². The number of hydrogen-bond acceptors (Lipinski definition) is 2. The van der Waals surface area contributed by atoms with Gasteiger partial charge in [0.2, 0.25) is 0 Å². The lowest BCUT2D eigenvalue weighted by molar-refractivity contribution is 0.254. The lowest BCUT2D eigenvalue weighted by atomic mass is 10.2. The van der Waals surface area contributed by atoms with Gasteiger partial charge in [0.15, 0.2) is 0 Å². The van der Waals surface area contributed by atoms with E-state index in [0.717, 1.165) is 0 Å². The summed E-state index contributed by atoms with van der Waals surface area (Å²) in [5.74, 6) is -1.17. The van der Waals surface area contributed by atoms with Crippen molar-refractivity contribution < 1.29 is 13.6 Å². The van der Waals surface area contributed by atoms with Crippen molar-refractivity contribution in [3.8, 4) is 0 Å². The van der Waals surface area contributed by atoms with E-state index in [1.165, 1.54) is 25.2 Å². The minimum absolute atomic E-state index is 0.00920. The summed E-state index contributed by atoms with van der Waals surface area (Å²) < 4.78 is 26.9. The van der Waals surface area contributed by atoms with Crippen LogP contribution in [0.15, 0.2) is 42.5 Å². The molecule has 6 heteroatoms. The molecule has 0 atom stereocenters. The van der Waals surface area contributed by atoms with E-state index in [1.807, 2.05) is 0 Å². The quantitative estimate of drug-likeness (QED) is 0.809. The van der Waals surface area contributed by atoms with Gasteiger partial charge >= 0.3 is 6.03 Å². The van der Waals surface area contributed by atoms with Crippen molar-refractivity contribution in [2.45, 2.75) is 6.54 Å². The fourth-order valence-corrected chi connectivity index (χ4v) is 1.76. The number of amides is 2. The molecule has 0 aliphatic rings. The zero-order valence-corrected chi connectivity index (χ0v) is 11.4. The molecule has 0 radical (unpaired) electrons. The Morgan fingerprint density at radius 1 is 1.00 bits per heavy atom. The van der Waals surface area contributed by atoms with Gasteiger partial charge in [-0.3, -0.25) is 0 Å². The number of urea groups is 1. The molecule has 0 aliphatic heterocycles. The van der Waals surface area contributed by atoms with Crippen LogP contribution in [0, 0.1) is 11.6 Å². The minimum Gasteiger partial charge on any atom is -0.381 e. The van der Waals surface area contributed by atoms with Crippen LogP contribution in [0.1, 0.15) is 5.56 Å². The molecule has 21 heavy (non-hydrogen) atoms. The van der Waals surface area contributed by atoms with Gasteiger partial charge in [0.1, 0.15) is 11.6 Å². The number of carbonyl (C=O) groups excluding carboxylic acids is 1. The predicted molar refractivity (Wildman–Crippen MR) is 78.2 cm³/mol. The number of halogens is 2. The second kappa shape index (κ2) is 6.69. The maximum absolute atomic E-state index is 13.5. The van der Waals surface area contributed by atoms with Crippen molar-refractivity contribution in [1.29, 1.82) is 0 Å². The third-order valence-corrected chi connectivity index (χ3v) is 2.90. The van der Waals surface area contributed by atoms with Crippen LogP contribution in [-0.4, -0.2) is 13.1 Å². The molecule has 0 saturated carbocycles. The Balaban J connectivity index is 1.99. The Morgan fingerprint density at radius 3 is 2.14 bits per heavy atom. The molecule has 0 unspecified atom stereocenters. The molecule has 0 aliphatic carbocycles. The second-order valence-corrected chi connectivity index (χ2v) is 4.34. The molecule has 0 aromatic heterocycles. The van der Waals surface area contributed by atoms with Gasteiger partial charge in [0, 0.05) is 30.5 Å². The van der Waals surface area contributed by atoms with Crippen LogP contribution in [0.3, 0.4) is 0 Å². The van der Waals surface area contributed by atoms with E-state index < -0.39 is 11.6 Å². The van der Waals surface area contributed by atoms with Gasteiger partial charge in [-0.05, 0) is 36.4 Å². The van der Waals surface area contributed by atoms with E-state index in [-0.39, 0.29) is 18.1 Å². The van der Waals surface area contributed by atoms with Crippen molar-refractivity contribution >= 4 is 17.4 Å². The average Bonchev–Trinajstić information content (AvgIpc) is 2.48. The number of rotatable bonds is 4. The Hall–Kier alpha value is -2.63. The van der Waals surface area contributed by atoms with Crippen molar-refractivity contribution in [2.24, 2.45) is 0 Å². The van der Waals surface area contributed by atoms with Crippen LogP contribution in [-0.2, 0) is 6.54 Å². The van der Waals surface area contributed by atoms with Crippen LogP contribution >= 0.6 is 0 Å². The maximum Gasteiger partial charge on any atom is 0.318 e. The van der Waals surface area contributed by atoms with Crippen molar-refractivity contribution in [3.05, 3.63) is 59.7 Å².